The lowest BCUT2D eigenvalue weighted by atomic mass is 10.0. The van der Waals surface area contributed by atoms with Gasteiger partial charge < -0.3 is 9.84 Å². The van der Waals surface area contributed by atoms with E-state index in [2.05, 4.69) is 6.92 Å². The van der Waals surface area contributed by atoms with Crippen molar-refractivity contribution in [3.8, 4) is 5.75 Å². The van der Waals surface area contributed by atoms with Crippen molar-refractivity contribution in [2.45, 2.75) is 46.3 Å². The van der Waals surface area contributed by atoms with Gasteiger partial charge in [-0.15, -0.1) is 0 Å². The Balaban J connectivity index is 3.06. The van der Waals surface area contributed by atoms with E-state index < -0.39 is 0 Å². The van der Waals surface area contributed by atoms with E-state index >= 15 is 0 Å². The van der Waals surface area contributed by atoms with Gasteiger partial charge in [0.25, 0.3) is 0 Å². The maximum atomic E-state index is 9.22. The zero-order valence-electron chi connectivity index (χ0n) is 10.0. The molecule has 1 rings (SSSR count). The van der Waals surface area contributed by atoms with E-state index in [1.54, 1.807) is 0 Å². The zero-order chi connectivity index (χ0) is 11.5. The molecule has 1 N–H and O–H groups in total. The van der Waals surface area contributed by atoms with Crippen molar-refractivity contribution in [1.82, 2.24) is 0 Å². The normalized spacial score (nSPS) is 11.5. The first-order chi connectivity index (χ1) is 6.98. The highest BCUT2D eigenvalue weighted by Gasteiger charge is 2.15. The van der Waals surface area contributed by atoms with Gasteiger partial charge in [-0.05, 0) is 44.4 Å². The first-order valence-corrected chi connectivity index (χ1v) is 5.38. The van der Waals surface area contributed by atoms with Gasteiger partial charge in [0.1, 0.15) is 11.4 Å². The van der Waals surface area contributed by atoms with Crippen LogP contribution in [0.3, 0.4) is 0 Å². The zero-order valence-corrected chi connectivity index (χ0v) is 10.0. The molecule has 0 aliphatic carbocycles. The summed E-state index contributed by atoms with van der Waals surface area (Å²) in [5, 5.41) is 9.22. The smallest absolute Gasteiger partial charge is 0.123 e. The van der Waals surface area contributed by atoms with Crippen LogP contribution in [-0.2, 0) is 13.0 Å². The van der Waals surface area contributed by atoms with Crippen LogP contribution in [0.5, 0.6) is 5.75 Å². The van der Waals surface area contributed by atoms with Gasteiger partial charge in [0.15, 0.2) is 0 Å². The fourth-order valence-electron chi connectivity index (χ4n) is 1.59. The SMILES string of the molecule is CCc1c(CO)cccc1OC(C)(C)C. The van der Waals surface area contributed by atoms with Gasteiger partial charge in [-0.25, -0.2) is 0 Å². The molecule has 0 saturated carbocycles. The van der Waals surface area contributed by atoms with Crippen LogP contribution in [0.1, 0.15) is 38.8 Å². The van der Waals surface area contributed by atoms with Gasteiger partial charge in [-0.1, -0.05) is 19.1 Å². The highest BCUT2D eigenvalue weighted by atomic mass is 16.5. The Bertz CT molecular complexity index is 324. The average molecular weight is 208 g/mol. The number of hydrogen-bond donors (Lipinski definition) is 1. The molecule has 1 aromatic rings. The Hall–Kier alpha value is -1.02. The van der Waals surface area contributed by atoms with E-state index in [1.807, 2.05) is 39.0 Å². The molecular formula is C13H20O2. The largest absolute Gasteiger partial charge is 0.488 e. The van der Waals surface area contributed by atoms with Crippen molar-refractivity contribution in [3.63, 3.8) is 0 Å². The third-order valence-electron chi connectivity index (χ3n) is 2.17. The second kappa shape index (κ2) is 4.67. The monoisotopic (exact) mass is 208 g/mol. The molecule has 0 saturated heterocycles. The predicted octanol–water partition coefficient (Wildman–Crippen LogP) is 2.92. The van der Waals surface area contributed by atoms with Crippen molar-refractivity contribution in [2.75, 3.05) is 0 Å². The Morgan fingerprint density at radius 1 is 1.27 bits per heavy atom. The Labute approximate surface area is 91.9 Å². The maximum Gasteiger partial charge on any atom is 0.123 e. The number of ether oxygens (including phenoxy) is 1. The lowest BCUT2D eigenvalue weighted by molar-refractivity contribution is 0.129. The number of rotatable bonds is 3. The summed E-state index contributed by atoms with van der Waals surface area (Å²) in [6, 6.07) is 5.82. The lowest BCUT2D eigenvalue weighted by Gasteiger charge is -2.24. The third-order valence-corrected chi connectivity index (χ3v) is 2.17. The molecule has 84 valence electrons. The predicted molar refractivity (Wildman–Crippen MR) is 62.1 cm³/mol. The second-order valence-electron chi connectivity index (χ2n) is 4.62. The Morgan fingerprint density at radius 2 is 1.93 bits per heavy atom. The molecular weight excluding hydrogens is 188 g/mol. The van der Waals surface area contributed by atoms with E-state index in [4.69, 9.17) is 4.74 Å². The highest BCUT2D eigenvalue weighted by molar-refractivity contribution is 5.40. The molecule has 0 bridgehead atoms. The van der Waals surface area contributed by atoms with Gasteiger partial charge in [0.2, 0.25) is 0 Å². The summed E-state index contributed by atoms with van der Waals surface area (Å²) in [5.41, 5.74) is 1.87. The van der Waals surface area contributed by atoms with E-state index in [1.165, 1.54) is 0 Å². The molecule has 0 spiro atoms. The van der Waals surface area contributed by atoms with E-state index in [-0.39, 0.29) is 12.2 Å². The highest BCUT2D eigenvalue weighted by Crippen LogP contribution is 2.26. The van der Waals surface area contributed by atoms with Crippen LogP contribution >= 0.6 is 0 Å². The molecule has 0 aliphatic rings. The van der Waals surface area contributed by atoms with Gasteiger partial charge >= 0.3 is 0 Å². The molecule has 0 amide bonds. The molecule has 0 unspecified atom stereocenters. The summed E-state index contributed by atoms with van der Waals surface area (Å²) in [6.07, 6.45) is 0.877. The molecule has 0 fully saturated rings. The molecule has 15 heavy (non-hydrogen) atoms. The number of aliphatic hydroxyl groups excluding tert-OH is 1. The number of aliphatic hydroxyl groups is 1. The molecule has 0 aromatic heterocycles. The molecule has 2 heteroatoms. The lowest BCUT2D eigenvalue weighted by Crippen LogP contribution is -2.23. The van der Waals surface area contributed by atoms with Crippen molar-refractivity contribution in [2.24, 2.45) is 0 Å². The van der Waals surface area contributed by atoms with Crippen molar-refractivity contribution in [3.05, 3.63) is 29.3 Å². The quantitative estimate of drug-likeness (QED) is 0.827. The summed E-state index contributed by atoms with van der Waals surface area (Å²) in [7, 11) is 0. The molecule has 2 nitrogen and oxygen atoms in total. The van der Waals surface area contributed by atoms with E-state index in [0.717, 1.165) is 23.3 Å². The molecule has 0 heterocycles. The van der Waals surface area contributed by atoms with Gasteiger partial charge in [0, 0.05) is 0 Å². The van der Waals surface area contributed by atoms with Crippen molar-refractivity contribution in [1.29, 1.82) is 0 Å². The summed E-state index contributed by atoms with van der Waals surface area (Å²) >= 11 is 0. The van der Waals surface area contributed by atoms with Crippen molar-refractivity contribution < 1.29 is 9.84 Å². The second-order valence-corrected chi connectivity index (χ2v) is 4.62. The van der Waals surface area contributed by atoms with Gasteiger partial charge in [-0.3, -0.25) is 0 Å². The van der Waals surface area contributed by atoms with Gasteiger partial charge in [0.05, 0.1) is 6.61 Å². The van der Waals surface area contributed by atoms with Crippen LogP contribution in [0.15, 0.2) is 18.2 Å². The topological polar surface area (TPSA) is 29.5 Å². The van der Waals surface area contributed by atoms with Crippen LogP contribution in [0.2, 0.25) is 0 Å². The van der Waals surface area contributed by atoms with Crippen LogP contribution in [0.25, 0.3) is 0 Å². The van der Waals surface area contributed by atoms with E-state index in [0.29, 0.717) is 0 Å². The standard InChI is InChI=1S/C13H20O2/c1-5-11-10(9-14)7-6-8-12(11)15-13(2,3)4/h6-8,14H,5,9H2,1-4H3. The molecule has 0 aliphatic heterocycles. The van der Waals surface area contributed by atoms with E-state index in [9.17, 15) is 5.11 Å². The fourth-order valence-corrected chi connectivity index (χ4v) is 1.59. The summed E-state index contributed by atoms with van der Waals surface area (Å²) in [6.45, 7) is 8.22. The summed E-state index contributed by atoms with van der Waals surface area (Å²) in [4.78, 5) is 0. The minimum Gasteiger partial charge on any atom is -0.488 e. The number of benzene rings is 1. The Morgan fingerprint density at radius 3 is 2.40 bits per heavy atom. The van der Waals surface area contributed by atoms with Crippen LogP contribution in [-0.4, -0.2) is 10.7 Å². The summed E-state index contributed by atoms with van der Waals surface area (Å²) < 4.78 is 5.86. The first-order valence-electron chi connectivity index (χ1n) is 5.38. The minimum absolute atomic E-state index is 0.0739. The molecule has 1 aromatic carbocycles. The number of hydrogen-bond acceptors (Lipinski definition) is 2. The maximum absolute atomic E-state index is 9.22. The molecule has 0 radical (unpaired) electrons. The fraction of sp³-hybridized carbons (Fsp3) is 0.538. The van der Waals surface area contributed by atoms with Gasteiger partial charge in [-0.2, -0.15) is 0 Å². The van der Waals surface area contributed by atoms with Crippen LogP contribution in [0.4, 0.5) is 0 Å². The van der Waals surface area contributed by atoms with Crippen molar-refractivity contribution >= 4 is 0 Å². The molecule has 0 atom stereocenters. The first kappa shape index (κ1) is 12.1. The average Bonchev–Trinajstić information content (AvgIpc) is 2.15. The minimum atomic E-state index is -0.196. The Kier molecular flexibility index (Phi) is 3.75. The van der Waals surface area contributed by atoms with Crippen LogP contribution in [0, 0.1) is 0 Å². The summed E-state index contributed by atoms with van der Waals surface area (Å²) in [5.74, 6) is 0.886. The van der Waals surface area contributed by atoms with Crippen LogP contribution < -0.4 is 4.74 Å². The third kappa shape index (κ3) is 3.24.